The van der Waals surface area contributed by atoms with Crippen molar-refractivity contribution in [2.24, 2.45) is 5.73 Å². The normalized spacial score (nSPS) is 13.0. The number of hydrogen-bond donors (Lipinski definition) is 2. The third-order valence-electron chi connectivity index (χ3n) is 1.17. The number of hydrogen-bond acceptors (Lipinski definition) is 4. The van der Waals surface area contributed by atoms with Crippen molar-refractivity contribution in [2.75, 3.05) is 6.54 Å². The molecule has 0 radical (unpaired) electrons. The van der Waals surface area contributed by atoms with Crippen LogP contribution in [-0.2, 0) is 0 Å². The number of aliphatic hydroxyl groups is 1. The zero-order valence-electron chi connectivity index (χ0n) is 5.44. The van der Waals surface area contributed by atoms with Crippen molar-refractivity contribution in [3.63, 3.8) is 0 Å². The van der Waals surface area contributed by atoms with Crippen LogP contribution in [0, 0.1) is 0 Å². The first kappa shape index (κ1) is 7.11. The fourth-order valence-electron chi connectivity index (χ4n) is 0.619. The topological polar surface area (TPSA) is 72.0 Å². The summed E-state index contributed by atoms with van der Waals surface area (Å²) >= 11 is 0. The maximum Gasteiger partial charge on any atom is 0.115 e. The standard InChI is InChI=1S/C6H9N3O/c7-3-6(10)5-1-2-8-4-9-5/h1-2,4,6,10H,3,7H2/t6-/m1/s1. The van der Waals surface area contributed by atoms with Crippen molar-refractivity contribution < 1.29 is 5.11 Å². The highest BCUT2D eigenvalue weighted by Gasteiger charge is 2.03. The first-order chi connectivity index (χ1) is 4.84. The van der Waals surface area contributed by atoms with Crippen LogP contribution >= 0.6 is 0 Å². The summed E-state index contributed by atoms with van der Waals surface area (Å²) in [5.41, 5.74) is 5.76. The van der Waals surface area contributed by atoms with Gasteiger partial charge in [0.05, 0.1) is 5.69 Å². The largest absolute Gasteiger partial charge is 0.385 e. The van der Waals surface area contributed by atoms with Gasteiger partial charge in [-0.3, -0.25) is 0 Å². The molecule has 1 atom stereocenters. The summed E-state index contributed by atoms with van der Waals surface area (Å²) in [6.07, 6.45) is 2.29. The van der Waals surface area contributed by atoms with E-state index in [0.29, 0.717) is 5.69 Å². The quantitative estimate of drug-likeness (QED) is 0.577. The molecule has 0 amide bonds. The van der Waals surface area contributed by atoms with Gasteiger partial charge < -0.3 is 10.8 Å². The molecule has 54 valence electrons. The monoisotopic (exact) mass is 139 g/mol. The molecule has 0 bridgehead atoms. The van der Waals surface area contributed by atoms with Crippen LogP contribution in [0.25, 0.3) is 0 Å². The van der Waals surface area contributed by atoms with Crippen molar-refractivity contribution in [3.05, 3.63) is 24.3 Å². The van der Waals surface area contributed by atoms with E-state index in [2.05, 4.69) is 9.97 Å². The number of aliphatic hydroxyl groups excluding tert-OH is 1. The first-order valence-electron chi connectivity index (χ1n) is 2.98. The van der Waals surface area contributed by atoms with Crippen LogP contribution < -0.4 is 5.73 Å². The maximum absolute atomic E-state index is 9.11. The molecule has 0 saturated carbocycles. The second-order valence-corrected chi connectivity index (χ2v) is 1.89. The van der Waals surface area contributed by atoms with Gasteiger partial charge in [-0.1, -0.05) is 0 Å². The molecule has 1 aromatic heterocycles. The summed E-state index contributed by atoms with van der Waals surface area (Å²) in [5, 5.41) is 9.11. The van der Waals surface area contributed by atoms with Crippen LogP contribution in [0.5, 0.6) is 0 Å². The summed E-state index contributed by atoms with van der Waals surface area (Å²) in [4.78, 5) is 7.51. The van der Waals surface area contributed by atoms with E-state index in [1.807, 2.05) is 0 Å². The van der Waals surface area contributed by atoms with Crippen LogP contribution in [0.3, 0.4) is 0 Å². The minimum Gasteiger partial charge on any atom is -0.385 e. The van der Waals surface area contributed by atoms with E-state index in [4.69, 9.17) is 10.8 Å². The summed E-state index contributed by atoms with van der Waals surface area (Å²) in [7, 11) is 0. The summed E-state index contributed by atoms with van der Waals surface area (Å²) in [6.45, 7) is 0.191. The van der Waals surface area contributed by atoms with E-state index in [1.165, 1.54) is 6.33 Å². The second-order valence-electron chi connectivity index (χ2n) is 1.89. The summed E-state index contributed by atoms with van der Waals surface area (Å²) in [5.74, 6) is 0. The molecule has 1 rings (SSSR count). The lowest BCUT2D eigenvalue weighted by Gasteiger charge is -2.03. The van der Waals surface area contributed by atoms with E-state index < -0.39 is 6.10 Å². The smallest absolute Gasteiger partial charge is 0.115 e. The Morgan fingerprint density at radius 2 is 2.50 bits per heavy atom. The molecular weight excluding hydrogens is 130 g/mol. The van der Waals surface area contributed by atoms with Gasteiger partial charge in [-0.05, 0) is 6.07 Å². The molecule has 4 nitrogen and oxygen atoms in total. The van der Waals surface area contributed by atoms with Gasteiger partial charge in [0.1, 0.15) is 12.4 Å². The third-order valence-corrected chi connectivity index (χ3v) is 1.17. The van der Waals surface area contributed by atoms with Crippen molar-refractivity contribution in [1.29, 1.82) is 0 Å². The molecule has 1 heterocycles. The SMILES string of the molecule is NC[C@@H](O)c1ccncn1. The first-order valence-corrected chi connectivity index (χ1v) is 2.98. The van der Waals surface area contributed by atoms with Gasteiger partial charge in [0, 0.05) is 12.7 Å². The van der Waals surface area contributed by atoms with Gasteiger partial charge in [-0.2, -0.15) is 0 Å². The fraction of sp³-hybridized carbons (Fsp3) is 0.333. The number of aromatic nitrogens is 2. The molecule has 0 saturated heterocycles. The predicted molar refractivity (Wildman–Crippen MR) is 36.0 cm³/mol. The third kappa shape index (κ3) is 1.49. The average Bonchev–Trinajstić information content (AvgIpc) is 2.05. The Morgan fingerprint density at radius 1 is 1.70 bits per heavy atom. The molecule has 0 aliphatic heterocycles. The molecular formula is C6H9N3O. The van der Waals surface area contributed by atoms with Crippen molar-refractivity contribution in [2.45, 2.75) is 6.10 Å². The molecule has 0 spiro atoms. The van der Waals surface area contributed by atoms with Crippen LogP contribution in [0.1, 0.15) is 11.8 Å². The zero-order chi connectivity index (χ0) is 7.40. The minimum absolute atomic E-state index is 0.191. The van der Waals surface area contributed by atoms with E-state index >= 15 is 0 Å². The van der Waals surface area contributed by atoms with E-state index in [-0.39, 0.29) is 6.54 Å². The Bertz CT molecular complexity index is 189. The van der Waals surface area contributed by atoms with Crippen LogP contribution in [-0.4, -0.2) is 21.6 Å². The van der Waals surface area contributed by atoms with Gasteiger partial charge >= 0.3 is 0 Å². The Morgan fingerprint density at radius 3 is 3.00 bits per heavy atom. The minimum atomic E-state index is -0.664. The molecule has 0 aliphatic carbocycles. The van der Waals surface area contributed by atoms with Gasteiger partial charge in [0.15, 0.2) is 0 Å². The predicted octanol–water partition coefficient (Wildman–Crippen LogP) is -0.531. The van der Waals surface area contributed by atoms with Crippen LogP contribution in [0.2, 0.25) is 0 Å². The Hall–Kier alpha value is -1.00. The van der Waals surface area contributed by atoms with Crippen molar-refractivity contribution >= 4 is 0 Å². The van der Waals surface area contributed by atoms with E-state index in [9.17, 15) is 0 Å². The molecule has 3 N–H and O–H groups in total. The lowest BCUT2D eigenvalue weighted by Crippen LogP contribution is -2.12. The number of nitrogens with zero attached hydrogens (tertiary/aromatic N) is 2. The zero-order valence-corrected chi connectivity index (χ0v) is 5.44. The molecule has 0 fully saturated rings. The lowest BCUT2D eigenvalue weighted by atomic mass is 10.2. The summed E-state index contributed by atoms with van der Waals surface area (Å²) < 4.78 is 0. The van der Waals surface area contributed by atoms with E-state index in [0.717, 1.165) is 0 Å². The van der Waals surface area contributed by atoms with Gasteiger partial charge in [-0.25, -0.2) is 9.97 Å². The molecule has 0 aliphatic rings. The molecule has 10 heavy (non-hydrogen) atoms. The average molecular weight is 139 g/mol. The van der Waals surface area contributed by atoms with Crippen molar-refractivity contribution in [1.82, 2.24) is 9.97 Å². The Kier molecular flexibility index (Phi) is 2.30. The highest BCUT2D eigenvalue weighted by Crippen LogP contribution is 2.04. The van der Waals surface area contributed by atoms with Gasteiger partial charge in [0.2, 0.25) is 0 Å². The Balaban J connectivity index is 2.75. The fourth-order valence-corrected chi connectivity index (χ4v) is 0.619. The lowest BCUT2D eigenvalue weighted by molar-refractivity contribution is 0.181. The van der Waals surface area contributed by atoms with Gasteiger partial charge in [0.25, 0.3) is 0 Å². The molecule has 0 unspecified atom stereocenters. The Labute approximate surface area is 58.7 Å². The molecule has 1 aromatic rings. The highest BCUT2D eigenvalue weighted by atomic mass is 16.3. The second kappa shape index (κ2) is 3.24. The summed E-state index contributed by atoms with van der Waals surface area (Å²) in [6, 6.07) is 1.64. The number of rotatable bonds is 2. The maximum atomic E-state index is 9.11. The number of nitrogens with two attached hydrogens (primary N) is 1. The van der Waals surface area contributed by atoms with Crippen LogP contribution in [0.4, 0.5) is 0 Å². The molecule has 4 heteroatoms. The van der Waals surface area contributed by atoms with Crippen LogP contribution in [0.15, 0.2) is 18.6 Å². The highest BCUT2D eigenvalue weighted by molar-refractivity contribution is 5.01. The van der Waals surface area contributed by atoms with Gasteiger partial charge in [-0.15, -0.1) is 0 Å². The van der Waals surface area contributed by atoms with E-state index in [1.54, 1.807) is 12.3 Å². The van der Waals surface area contributed by atoms with Crippen molar-refractivity contribution in [3.8, 4) is 0 Å². The molecule has 0 aromatic carbocycles.